The van der Waals surface area contributed by atoms with Crippen molar-refractivity contribution in [3.05, 3.63) is 59.4 Å². The number of ether oxygens (including phenoxy) is 3. The zero-order chi connectivity index (χ0) is 25.4. The monoisotopic (exact) mass is 493 g/mol. The molecule has 2 heterocycles. The van der Waals surface area contributed by atoms with E-state index in [0.29, 0.717) is 49.9 Å². The zero-order valence-electron chi connectivity index (χ0n) is 19.3. The number of carbonyl (C=O) groups is 1. The van der Waals surface area contributed by atoms with Crippen LogP contribution in [-0.4, -0.2) is 46.2 Å². The van der Waals surface area contributed by atoms with Crippen LogP contribution < -0.4 is 14.2 Å². The fourth-order valence-electron chi connectivity index (χ4n) is 3.31. The van der Waals surface area contributed by atoms with Crippen LogP contribution in [0.2, 0.25) is 0 Å². The van der Waals surface area contributed by atoms with E-state index in [2.05, 4.69) is 10.1 Å². The van der Waals surface area contributed by atoms with Gasteiger partial charge in [0.15, 0.2) is 17.3 Å². The first-order valence-electron chi connectivity index (χ1n) is 11.0. The summed E-state index contributed by atoms with van der Waals surface area (Å²) in [4.78, 5) is 14.6. The third-order valence-corrected chi connectivity index (χ3v) is 5.05. The lowest BCUT2D eigenvalue weighted by Gasteiger charge is -2.12. The van der Waals surface area contributed by atoms with Crippen LogP contribution in [0.1, 0.15) is 36.5 Å². The van der Waals surface area contributed by atoms with Crippen molar-refractivity contribution in [2.75, 3.05) is 20.3 Å². The molecule has 0 saturated carbocycles. The Morgan fingerprint density at radius 2 is 1.91 bits per heavy atom. The van der Waals surface area contributed by atoms with Crippen molar-refractivity contribution in [3.8, 4) is 23.2 Å². The second-order valence-electron chi connectivity index (χ2n) is 7.57. The number of hydrogen-bond acceptors (Lipinski definition) is 6. The smallest absolute Gasteiger partial charge is 0.417 e. The number of aromatic nitrogens is 3. The number of rotatable bonds is 12. The molecule has 1 aromatic carbocycles. The molecule has 0 aliphatic carbocycles. The van der Waals surface area contributed by atoms with E-state index in [4.69, 9.17) is 19.3 Å². The van der Waals surface area contributed by atoms with E-state index < -0.39 is 17.7 Å². The molecule has 0 aliphatic heterocycles. The fraction of sp³-hybridized carbons (Fsp3) is 0.375. The maximum absolute atomic E-state index is 12.8. The number of carboxylic acids is 1. The van der Waals surface area contributed by atoms with Gasteiger partial charge >= 0.3 is 12.1 Å². The first kappa shape index (κ1) is 25.9. The Kier molecular flexibility index (Phi) is 8.56. The highest BCUT2D eigenvalue weighted by molar-refractivity contribution is 5.67. The highest BCUT2D eigenvalue weighted by Crippen LogP contribution is 2.30. The van der Waals surface area contributed by atoms with Gasteiger partial charge in [0.05, 0.1) is 25.9 Å². The van der Waals surface area contributed by atoms with Crippen molar-refractivity contribution in [2.24, 2.45) is 0 Å². The molecule has 0 unspecified atom stereocenters. The van der Waals surface area contributed by atoms with Gasteiger partial charge in [0, 0.05) is 24.4 Å². The summed E-state index contributed by atoms with van der Waals surface area (Å²) in [5, 5.41) is 13.2. The van der Waals surface area contributed by atoms with Crippen LogP contribution in [0.3, 0.4) is 0 Å². The van der Waals surface area contributed by atoms with Gasteiger partial charge in [-0.15, -0.1) is 5.10 Å². The predicted octanol–water partition coefficient (Wildman–Crippen LogP) is 4.72. The maximum Gasteiger partial charge on any atom is 0.417 e. The molecule has 0 aliphatic rings. The van der Waals surface area contributed by atoms with Crippen LogP contribution in [0.4, 0.5) is 13.2 Å². The molecule has 188 valence electrons. The van der Waals surface area contributed by atoms with Crippen LogP contribution in [0.15, 0.2) is 42.7 Å². The Bertz CT molecular complexity index is 1130. The van der Waals surface area contributed by atoms with Gasteiger partial charge in [-0.25, -0.2) is 9.67 Å². The number of halogens is 3. The summed E-state index contributed by atoms with van der Waals surface area (Å²) < 4.78 is 56.5. The predicted molar refractivity (Wildman–Crippen MR) is 120 cm³/mol. The second kappa shape index (κ2) is 11.6. The lowest BCUT2D eigenvalue weighted by Crippen LogP contribution is -2.07. The van der Waals surface area contributed by atoms with Crippen molar-refractivity contribution in [1.82, 2.24) is 14.8 Å². The first-order valence-corrected chi connectivity index (χ1v) is 11.0. The van der Waals surface area contributed by atoms with E-state index in [1.165, 1.54) is 17.9 Å². The Hall–Kier alpha value is -3.76. The summed E-state index contributed by atoms with van der Waals surface area (Å²) in [6, 6.07) is 7.51. The summed E-state index contributed by atoms with van der Waals surface area (Å²) >= 11 is 0. The van der Waals surface area contributed by atoms with Crippen molar-refractivity contribution in [2.45, 2.75) is 38.8 Å². The van der Waals surface area contributed by atoms with Crippen LogP contribution in [-0.2, 0) is 23.8 Å². The van der Waals surface area contributed by atoms with Crippen molar-refractivity contribution < 1.29 is 37.3 Å². The molecule has 2 aromatic heterocycles. The van der Waals surface area contributed by atoms with Crippen molar-refractivity contribution in [3.63, 3.8) is 0 Å². The zero-order valence-corrected chi connectivity index (χ0v) is 19.3. The lowest BCUT2D eigenvalue weighted by molar-refractivity contribution is -0.138. The topological polar surface area (TPSA) is 95.7 Å². The molecular weight excluding hydrogens is 467 g/mol. The van der Waals surface area contributed by atoms with Crippen molar-refractivity contribution in [1.29, 1.82) is 0 Å². The van der Waals surface area contributed by atoms with Gasteiger partial charge in [0.25, 0.3) is 0 Å². The summed E-state index contributed by atoms with van der Waals surface area (Å²) in [5.74, 6) is 0.822. The Labute approximate surface area is 200 Å². The number of pyridine rings is 1. The number of aryl methyl sites for hydroxylation is 2. The van der Waals surface area contributed by atoms with Gasteiger partial charge in [0.1, 0.15) is 0 Å². The first-order chi connectivity index (χ1) is 16.7. The minimum absolute atomic E-state index is 0.0290. The third kappa shape index (κ3) is 7.11. The number of benzene rings is 1. The molecule has 8 nitrogen and oxygen atoms in total. The van der Waals surface area contributed by atoms with Gasteiger partial charge in [-0.2, -0.15) is 13.2 Å². The number of carboxylic acid groups (broad SMARTS) is 1. The standard InChI is InChI=1S/C24H26F3N3O5/c1-3-34-23-17(15-30(29-23)21-10-8-18(14-28-21)24(25,26)27)5-4-12-35-19-9-6-16(7-11-22(31)32)13-20(19)33-2/h6,8-10,13-15H,3-5,7,11-12H2,1-2H3,(H,31,32). The number of nitrogens with zero attached hydrogens (tertiary/aromatic N) is 3. The van der Waals surface area contributed by atoms with E-state index in [-0.39, 0.29) is 12.2 Å². The summed E-state index contributed by atoms with van der Waals surface area (Å²) in [5.41, 5.74) is 0.775. The molecule has 0 spiro atoms. The van der Waals surface area contributed by atoms with Crippen LogP contribution >= 0.6 is 0 Å². The van der Waals surface area contributed by atoms with E-state index in [1.54, 1.807) is 24.4 Å². The lowest BCUT2D eigenvalue weighted by atomic mass is 10.1. The Morgan fingerprint density at radius 3 is 2.54 bits per heavy atom. The fourth-order valence-corrected chi connectivity index (χ4v) is 3.31. The largest absolute Gasteiger partial charge is 0.493 e. The molecule has 0 saturated heterocycles. The quantitative estimate of drug-likeness (QED) is 0.365. The van der Waals surface area contributed by atoms with Gasteiger partial charge in [0.2, 0.25) is 5.88 Å². The Balaban J connectivity index is 1.62. The minimum atomic E-state index is -4.46. The number of aliphatic carboxylic acids is 1. The average Bonchev–Trinajstić information content (AvgIpc) is 3.23. The maximum atomic E-state index is 12.8. The molecule has 11 heteroatoms. The van der Waals surface area contributed by atoms with Crippen molar-refractivity contribution >= 4 is 5.97 Å². The summed E-state index contributed by atoms with van der Waals surface area (Å²) in [6.45, 7) is 2.56. The molecule has 0 bridgehead atoms. The van der Waals surface area contributed by atoms with Crippen LogP contribution in [0.25, 0.3) is 5.82 Å². The van der Waals surface area contributed by atoms with Crippen LogP contribution in [0, 0.1) is 0 Å². The summed E-state index contributed by atoms with van der Waals surface area (Å²) in [6.07, 6.45) is -0.432. The highest BCUT2D eigenvalue weighted by atomic mass is 19.4. The van der Waals surface area contributed by atoms with Gasteiger partial charge < -0.3 is 19.3 Å². The second-order valence-corrected chi connectivity index (χ2v) is 7.57. The Morgan fingerprint density at radius 1 is 1.11 bits per heavy atom. The van der Waals surface area contributed by atoms with E-state index in [0.717, 1.165) is 23.4 Å². The van der Waals surface area contributed by atoms with Gasteiger partial charge in [-0.1, -0.05) is 6.07 Å². The average molecular weight is 493 g/mol. The number of hydrogen-bond donors (Lipinski definition) is 1. The molecule has 0 fully saturated rings. The molecule has 3 aromatic rings. The minimum Gasteiger partial charge on any atom is -0.493 e. The third-order valence-electron chi connectivity index (χ3n) is 5.05. The molecule has 0 radical (unpaired) electrons. The van der Waals surface area contributed by atoms with Gasteiger partial charge in [-0.05, 0) is 56.0 Å². The van der Waals surface area contributed by atoms with Gasteiger partial charge in [-0.3, -0.25) is 4.79 Å². The molecular formula is C24H26F3N3O5. The van der Waals surface area contributed by atoms with E-state index >= 15 is 0 Å². The van der Waals surface area contributed by atoms with E-state index in [1.807, 2.05) is 6.92 Å². The SMILES string of the molecule is CCOc1nn(-c2ccc(C(F)(F)F)cn2)cc1CCCOc1ccc(CCC(=O)O)cc1OC. The molecule has 0 atom stereocenters. The molecule has 0 amide bonds. The summed E-state index contributed by atoms with van der Waals surface area (Å²) in [7, 11) is 1.52. The number of alkyl halides is 3. The van der Waals surface area contributed by atoms with E-state index in [9.17, 15) is 18.0 Å². The van der Waals surface area contributed by atoms with Crippen LogP contribution in [0.5, 0.6) is 17.4 Å². The normalized spacial score (nSPS) is 11.3. The molecule has 3 rings (SSSR count). The number of methoxy groups -OCH3 is 1. The molecule has 35 heavy (non-hydrogen) atoms. The molecule has 1 N–H and O–H groups in total. The highest BCUT2D eigenvalue weighted by Gasteiger charge is 2.30.